The van der Waals surface area contributed by atoms with Gasteiger partial charge in [0, 0.05) is 38.8 Å². The summed E-state index contributed by atoms with van der Waals surface area (Å²) in [5.74, 6) is 0.108. The zero-order valence-electron chi connectivity index (χ0n) is 11.0. The van der Waals surface area contributed by atoms with Crippen LogP contribution in [0.2, 0.25) is 0 Å². The fourth-order valence-corrected chi connectivity index (χ4v) is 2.59. The Balaban J connectivity index is 1.91. The molecule has 2 unspecified atom stereocenters. The third-order valence-corrected chi connectivity index (χ3v) is 4.08. The summed E-state index contributed by atoms with van der Waals surface area (Å²) in [6, 6.07) is -0.208. The first-order chi connectivity index (χ1) is 8.58. The fourth-order valence-electron chi connectivity index (χ4n) is 2.59. The number of nitrogens with two attached hydrogens (primary N) is 1. The second-order valence-electron chi connectivity index (χ2n) is 5.40. The second kappa shape index (κ2) is 5.52. The van der Waals surface area contributed by atoms with Crippen molar-refractivity contribution in [2.24, 2.45) is 11.1 Å². The van der Waals surface area contributed by atoms with E-state index in [0.29, 0.717) is 32.8 Å². The summed E-state index contributed by atoms with van der Waals surface area (Å²) in [5, 5.41) is 8.89. The molecule has 2 fully saturated rings. The molecule has 104 valence electrons. The van der Waals surface area contributed by atoms with Gasteiger partial charge in [-0.3, -0.25) is 9.69 Å². The van der Waals surface area contributed by atoms with Crippen LogP contribution < -0.4 is 5.73 Å². The molecule has 2 heterocycles. The van der Waals surface area contributed by atoms with Gasteiger partial charge in [-0.05, 0) is 6.92 Å². The number of hydrogen-bond donors (Lipinski definition) is 2. The van der Waals surface area contributed by atoms with Gasteiger partial charge in [0.05, 0.1) is 25.2 Å². The number of β-amino-alcohol motifs (C(OH)–C–C–N with tert-alkyl or cyclic N) is 1. The lowest BCUT2D eigenvalue weighted by molar-refractivity contribution is -0.143. The van der Waals surface area contributed by atoms with Crippen LogP contribution in [0.5, 0.6) is 0 Å². The first-order valence-electron chi connectivity index (χ1n) is 6.54. The van der Waals surface area contributed by atoms with Gasteiger partial charge in [-0.2, -0.15) is 0 Å². The van der Waals surface area contributed by atoms with Gasteiger partial charge in [0.1, 0.15) is 0 Å². The lowest BCUT2D eigenvalue weighted by Crippen LogP contribution is -2.56. The highest BCUT2D eigenvalue weighted by Crippen LogP contribution is 2.29. The quantitative estimate of drug-likeness (QED) is 0.642. The van der Waals surface area contributed by atoms with Crippen LogP contribution in [0.1, 0.15) is 6.92 Å². The van der Waals surface area contributed by atoms with Gasteiger partial charge in [-0.25, -0.2) is 0 Å². The number of ether oxygens (including phenoxy) is 1. The van der Waals surface area contributed by atoms with Crippen molar-refractivity contribution in [3.8, 4) is 0 Å². The molecule has 2 saturated heterocycles. The lowest BCUT2D eigenvalue weighted by Gasteiger charge is -2.39. The molecule has 2 rings (SSSR count). The maximum Gasteiger partial charge on any atom is 0.232 e. The smallest absolute Gasteiger partial charge is 0.232 e. The molecule has 18 heavy (non-hydrogen) atoms. The molecule has 0 aromatic carbocycles. The molecular weight excluding hydrogens is 234 g/mol. The van der Waals surface area contributed by atoms with E-state index in [1.807, 2.05) is 11.8 Å². The molecule has 0 radical (unpaired) electrons. The predicted octanol–water partition coefficient (Wildman–Crippen LogP) is -1.51. The van der Waals surface area contributed by atoms with Crippen LogP contribution in [-0.4, -0.2) is 79.4 Å². The van der Waals surface area contributed by atoms with Gasteiger partial charge >= 0.3 is 0 Å². The average molecular weight is 257 g/mol. The molecule has 0 spiro atoms. The minimum atomic E-state index is -0.570. The van der Waals surface area contributed by atoms with E-state index in [1.165, 1.54) is 0 Å². The summed E-state index contributed by atoms with van der Waals surface area (Å²) in [6.45, 7) is 6.69. The average Bonchev–Trinajstić information content (AvgIpc) is 2.71. The highest BCUT2D eigenvalue weighted by Gasteiger charge is 2.46. The van der Waals surface area contributed by atoms with Crippen molar-refractivity contribution < 1.29 is 14.6 Å². The summed E-state index contributed by atoms with van der Waals surface area (Å²) in [4.78, 5) is 16.5. The molecule has 2 aliphatic rings. The van der Waals surface area contributed by atoms with Crippen LogP contribution in [0.15, 0.2) is 0 Å². The molecule has 2 atom stereocenters. The number of rotatable bonds is 3. The van der Waals surface area contributed by atoms with Crippen LogP contribution >= 0.6 is 0 Å². The van der Waals surface area contributed by atoms with Crippen molar-refractivity contribution in [2.75, 3.05) is 52.5 Å². The molecule has 6 heteroatoms. The minimum absolute atomic E-state index is 0.108. The third kappa shape index (κ3) is 2.51. The van der Waals surface area contributed by atoms with Gasteiger partial charge in [0.25, 0.3) is 0 Å². The molecule has 0 saturated carbocycles. The van der Waals surface area contributed by atoms with Crippen LogP contribution in [0.4, 0.5) is 0 Å². The summed E-state index contributed by atoms with van der Waals surface area (Å²) < 4.78 is 5.33. The summed E-state index contributed by atoms with van der Waals surface area (Å²) in [5.41, 5.74) is 5.41. The number of aliphatic hydroxyl groups excluding tert-OH is 1. The molecule has 0 bridgehead atoms. The van der Waals surface area contributed by atoms with Gasteiger partial charge in [0.15, 0.2) is 0 Å². The molecule has 0 aromatic rings. The standard InChI is InChI=1S/C12H23N3O3/c1-12(9-18-8-10(12)13)11(17)15-4-2-14(3-5-15)6-7-16/h10,16H,2-9,13H2,1H3. The normalized spacial score (nSPS) is 33.9. The van der Waals surface area contributed by atoms with Gasteiger partial charge in [-0.15, -0.1) is 0 Å². The summed E-state index contributed by atoms with van der Waals surface area (Å²) >= 11 is 0. The van der Waals surface area contributed by atoms with Crippen LogP contribution in [-0.2, 0) is 9.53 Å². The Kier molecular flexibility index (Phi) is 4.21. The summed E-state index contributed by atoms with van der Waals surface area (Å²) in [6.07, 6.45) is 0. The van der Waals surface area contributed by atoms with E-state index in [-0.39, 0.29) is 18.6 Å². The Morgan fingerprint density at radius 3 is 2.61 bits per heavy atom. The van der Waals surface area contributed by atoms with E-state index in [1.54, 1.807) is 0 Å². The number of carbonyl (C=O) groups excluding carboxylic acids is 1. The Morgan fingerprint density at radius 1 is 1.44 bits per heavy atom. The van der Waals surface area contributed by atoms with E-state index in [4.69, 9.17) is 15.6 Å². The maximum absolute atomic E-state index is 12.5. The number of nitrogens with zero attached hydrogens (tertiary/aromatic N) is 2. The van der Waals surface area contributed by atoms with Crippen molar-refractivity contribution in [1.29, 1.82) is 0 Å². The van der Waals surface area contributed by atoms with Crippen molar-refractivity contribution >= 4 is 5.91 Å². The molecule has 3 N–H and O–H groups in total. The molecule has 0 aromatic heterocycles. The summed E-state index contributed by atoms with van der Waals surface area (Å²) in [7, 11) is 0. The maximum atomic E-state index is 12.5. The van der Waals surface area contributed by atoms with Gasteiger partial charge in [-0.1, -0.05) is 0 Å². The van der Waals surface area contributed by atoms with E-state index < -0.39 is 5.41 Å². The molecule has 0 aliphatic carbocycles. The highest BCUT2D eigenvalue weighted by molar-refractivity contribution is 5.83. The Hall–Kier alpha value is -0.690. The number of hydrogen-bond acceptors (Lipinski definition) is 5. The molecule has 1 amide bonds. The monoisotopic (exact) mass is 257 g/mol. The number of amides is 1. The number of aliphatic hydroxyl groups is 1. The zero-order valence-corrected chi connectivity index (χ0v) is 11.0. The molecular formula is C12H23N3O3. The Morgan fingerprint density at radius 2 is 2.11 bits per heavy atom. The SMILES string of the molecule is CC1(C(=O)N2CCN(CCO)CC2)COCC1N. The number of piperazine rings is 1. The van der Waals surface area contributed by atoms with Crippen LogP contribution in [0, 0.1) is 5.41 Å². The molecule has 6 nitrogen and oxygen atoms in total. The highest BCUT2D eigenvalue weighted by atomic mass is 16.5. The predicted molar refractivity (Wildman–Crippen MR) is 67.0 cm³/mol. The van der Waals surface area contributed by atoms with Crippen molar-refractivity contribution in [3.63, 3.8) is 0 Å². The van der Waals surface area contributed by atoms with Crippen molar-refractivity contribution in [3.05, 3.63) is 0 Å². The largest absolute Gasteiger partial charge is 0.395 e. The molecule has 2 aliphatic heterocycles. The van der Waals surface area contributed by atoms with Gasteiger partial charge in [0.2, 0.25) is 5.91 Å². The van der Waals surface area contributed by atoms with Crippen LogP contribution in [0.3, 0.4) is 0 Å². The Labute approximate surface area is 108 Å². The second-order valence-corrected chi connectivity index (χ2v) is 5.40. The topological polar surface area (TPSA) is 79.0 Å². The zero-order chi connectivity index (χ0) is 13.2. The first-order valence-corrected chi connectivity index (χ1v) is 6.54. The fraction of sp³-hybridized carbons (Fsp3) is 0.917. The van der Waals surface area contributed by atoms with Gasteiger partial charge < -0.3 is 20.5 Å². The van der Waals surface area contributed by atoms with E-state index in [0.717, 1.165) is 13.1 Å². The van der Waals surface area contributed by atoms with Crippen molar-refractivity contribution in [1.82, 2.24) is 9.80 Å². The first kappa shape index (κ1) is 13.7. The number of carbonyl (C=O) groups is 1. The van der Waals surface area contributed by atoms with E-state index in [9.17, 15) is 4.79 Å². The minimum Gasteiger partial charge on any atom is -0.395 e. The van der Waals surface area contributed by atoms with Crippen LogP contribution in [0.25, 0.3) is 0 Å². The third-order valence-electron chi connectivity index (χ3n) is 4.08. The van der Waals surface area contributed by atoms with Crippen molar-refractivity contribution in [2.45, 2.75) is 13.0 Å². The van der Waals surface area contributed by atoms with E-state index in [2.05, 4.69) is 4.90 Å². The lowest BCUT2D eigenvalue weighted by atomic mass is 9.84. The Bertz CT molecular complexity index is 305. The van der Waals surface area contributed by atoms with E-state index >= 15 is 0 Å².